The SMILES string of the molecule is Cn1nc(C(=O)[O-])c2c1CC[C@@H](C(F)(F)F)C2. The van der Waals surface area contributed by atoms with Crippen LogP contribution in [0.25, 0.3) is 0 Å². The molecule has 0 N–H and O–H groups in total. The van der Waals surface area contributed by atoms with Gasteiger partial charge >= 0.3 is 6.18 Å². The maximum Gasteiger partial charge on any atom is 0.392 e. The van der Waals surface area contributed by atoms with Crippen molar-refractivity contribution in [2.24, 2.45) is 13.0 Å². The summed E-state index contributed by atoms with van der Waals surface area (Å²) in [5.74, 6) is -3.01. The van der Waals surface area contributed by atoms with Gasteiger partial charge in [0.05, 0.1) is 11.9 Å². The second-order valence-corrected chi connectivity index (χ2v) is 4.17. The topological polar surface area (TPSA) is 58.0 Å². The van der Waals surface area contributed by atoms with Crippen LogP contribution in [0.15, 0.2) is 0 Å². The number of carbonyl (C=O) groups is 1. The third kappa shape index (κ3) is 2.01. The van der Waals surface area contributed by atoms with Gasteiger partial charge in [0.2, 0.25) is 0 Å². The van der Waals surface area contributed by atoms with Crippen LogP contribution in [-0.2, 0) is 19.9 Å². The van der Waals surface area contributed by atoms with E-state index in [2.05, 4.69) is 5.10 Å². The molecule has 7 heteroatoms. The molecule has 1 aromatic heterocycles. The Hall–Kier alpha value is -1.53. The number of nitrogens with zero attached hydrogens (tertiary/aromatic N) is 2. The van der Waals surface area contributed by atoms with Crippen molar-refractivity contribution in [1.29, 1.82) is 0 Å². The maximum atomic E-state index is 12.6. The van der Waals surface area contributed by atoms with E-state index >= 15 is 0 Å². The number of hydrogen-bond donors (Lipinski definition) is 0. The van der Waals surface area contributed by atoms with Gasteiger partial charge in [0.25, 0.3) is 0 Å². The molecule has 0 saturated carbocycles. The minimum absolute atomic E-state index is 0.0253. The van der Waals surface area contributed by atoms with Crippen LogP contribution in [0.2, 0.25) is 0 Å². The van der Waals surface area contributed by atoms with E-state index in [4.69, 9.17) is 0 Å². The molecule has 1 aliphatic rings. The van der Waals surface area contributed by atoms with Gasteiger partial charge in [-0.25, -0.2) is 0 Å². The Morgan fingerprint density at radius 1 is 1.53 bits per heavy atom. The fourth-order valence-electron chi connectivity index (χ4n) is 2.23. The van der Waals surface area contributed by atoms with Crippen molar-refractivity contribution >= 4 is 5.97 Å². The van der Waals surface area contributed by atoms with Crippen LogP contribution < -0.4 is 5.11 Å². The zero-order valence-electron chi connectivity index (χ0n) is 9.04. The fourth-order valence-corrected chi connectivity index (χ4v) is 2.23. The molecule has 1 aliphatic carbocycles. The summed E-state index contributed by atoms with van der Waals surface area (Å²) in [5.41, 5.74) is 0.363. The van der Waals surface area contributed by atoms with Crippen LogP contribution in [0, 0.1) is 5.92 Å². The molecule has 0 amide bonds. The average Bonchev–Trinajstić information content (AvgIpc) is 2.54. The van der Waals surface area contributed by atoms with Gasteiger partial charge in [0.15, 0.2) is 0 Å². The third-order valence-electron chi connectivity index (χ3n) is 3.11. The highest BCUT2D eigenvalue weighted by Gasteiger charge is 2.42. The van der Waals surface area contributed by atoms with Crippen molar-refractivity contribution in [1.82, 2.24) is 9.78 Å². The monoisotopic (exact) mass is 247 g/mol. The predicted molar refractivity (Wildman–Crippen MR) is 49.1 cm³/mol. The molecule has 1 heterocycles. The Balaban J connectivity index is 2.39. The Morgan fingerprint density at radius 2 is 2.18 bits per heavy atom. The Labute approximate surface area is 95.0 Å². The third-order valence-corrected chi connectivity index (χ3v) is 3.11. The highest BCUT2D eigenvalue weighted by Crippen LogP contribution is 2.37. The lowest BCUT2D eigenvalue weighted by atomic mass is 9.86. The molecule has 1 atom stereocenters. The van der Waals surface area contributed by atoms with E-state index in [1.165, 1.54) is 11.7 Å². The molecule has 0 radical (unpaired) electrons. The van der Waals surface area contributed by atoms with Gasteiger partial charge in [-0.15, -0.1) is 0 Å². The molecule has 94 valence electrons. The number of aromatic carboxylic acids is 1. The van der Waals surface area contributed by atoms with Crippen molar-refractivity contribution < 1.29 is 23.1 Å². The first-order chi connectivity index (χ1) is 7.80. The van der Waals surface area contributed by atoms with E-state index in [9.17, 15) is 23.1 Å². The predicted octanol–water partition coefficient (Wildman–Crippen LogP) is 0.451. The summed E-state index contributed by atoms with van der Waals surface area (Å²) in [5, 5.41) is 14.5. The molecule has 0 fully saturated rings. The number of carbonyl (C=O) groups excluding carboxylic acids is 1. The van der Waals surface area contributed by atoms with Crippen molar-refractivity contribution in [2.75, 3.05) is 0 Å². The van der Waals surface area contributed by atoms with Gasteiger partial charge in [-0.05, 0) is 19.3 Å². The van der Waals surface area contributed by atoms with Gasteiger partial charge in [-0.1, -0.05) is 0 Å². The molecule has 2 rings (SSSR count). The maximum absolute atomic E-state index is 12.6. The first kappa shape index (κ1) is 11.9. The molecular weight excluding hydrogens is 237 g/mol. The highest BCUT2D eigenvalue weighted by atomic mass is 19.4. The summed E-state index contributed by atoms with van der Waals surface area (Å²) in [4.78, 5) is 10.8. The molecule has 17 heavy (non-hydrogen) atoms. The highest BCUT2D eigenvalue weighted by molar-refractivity contribution is 5.85. The number of aryl methyl sites for hydroxylation is 1. The van der Waals surface area contributed by atoms with E-state index in [-0.39, 0.29) is 30.5 Å². The van der Waals surface area contributed by atoms with Gasteiger partial charge in [0, 0.05) is 18.3 Å². The lowest BCUT2D eigenvalue weighted by molar-refractivity contribution is -0.255. The first-order valence-electron chi connectivity index (χ1n) is 5.13. The van der Waals surface area contributed by atoms with E-state index < -0.39 is 18.1 Å². The summed E-state index contributed by atoms with van der Waals surface area (Å²) in [6, 6.07) is 0. The number of carboxylic acid groups (broad SMARTS) is 1. The van der Waals surface area contributed by atoms with Crippen molar-refractivity contribution in [3.05, 3.63) is 17.0 Å². The van der Waals surface area contributed by atoms with Gasteiger partial charge in [-0.3, -0.25) is 4.68 Å². The van der Waals surface area contributed by atoms with E-state index in [1.54, 1.807) is 0 Å². The lowest BCUT2D eigenvalue weighted by Gasteiger charge is -2.25. The lowest BCUT2D eigenvalue weighted by Crippen LogP contribution is -2.31. The van der Waals surface area contributed by atoms with Crippen molar-refractivity contribution in [3.63, 3.8) is 0 Å². The second-order valence-electron chi connectivity index (χ2n) is 4.17. The quantitative estimate of drug-likeness (QED) is 0.724. The van der Waals surface area contributed by atoms with Crippen LogP contribution in [0.3, 0.4) is 0 Å². The summed E-state index contributed by atoms with van der Waals surface area (Å²) in [7, 11) is 1.53. The molecule has 0 unspecified atom stereocenters. The fraction of sp³-hybridized carbons (Fsp3) is 0.600. The van der Waals surface area contributed by atoms with Crippen LogP contribution in [0.1, 0.15) is 28.2 Å². The van der Waals surface area contributed by atoms with Crippen LogP contribution in [0.4, 0.5) is 13.2 Å². The molecule has 0 bridgehead atoms. The average molecular weight is 247 g/mol. The second kappa shape index (κ2) is 3.75. The van der Waals surface area contributed by atoms with Gasteiger partial charge < -0.3 is 9.90 Å². The van der Waals surface area contributed by atoms with E-state index in [0.29, 0.717) is 5.69 Å². The smallest absolute Gasteiger partial charge is 0.392 e. The van der Waals surface area contributed by atoms with E-state index in [0.717, 1.165) is 0 Å². The Morgan fingerprint density at radius 3 is 2.71 bits per heavy atom. The van der Waals surface area contributed by atoms with Crippen LogP contribution in [0.5, 0.6) is 0 Å². The van der Waals surface area contributed by atoms with Crippen LogP contribution >= 0.6 is 0 Å². The molecule has 4 nitrogen and oxygen atoms in total. The summed E-state index contributed by atoms with van der Waals surface area (Å²) >= 11 is 0. The van der Waals surface area contributed by atoms with Crippen LogP contribution in [-0.4, -0.2) is 21.9 Å². The number of halogens is 3. The summed E-state index contributed by atoms with van der Waals surface area (Å²) in [6.45, 7) is 0. The van der Waals surface area contributed by atoms with Gasteiger partial charge in [0.1, 0.15) is 5.69 Å². The number of fused-ring (bicyclic) bond motifs is 1. The molecule has 0 aliphatic heterocycles. The normalized spacial score (nSPS) is 20.1. The molecule has 0 spiro atoms. The largest absolute Gasteiger partial charge is 0.543 e. The minimum atomic E-state index is -4.29. The molecule has 0 aromatic carbocycles. The Kier molecular flexibility index (Phi) is 2.63. The number of alkyl halides is 3. The van der Waals surface area contributed by atoms with E-state index in [1.807, 2.05) is 0 Å². The minimum Gasteiger partial charge on any atom is -0.543 e. The number of hydrogen-bond acceptors (Lipinski definition) is 3. The van der Waals surface area contributed by atoms with Crippen molar-refractivity contribution in [2.45, 2.75) is 25.4 Å². The standard InChI is InChI=1S/C10H11F3N2O2/c1-15-7-3-2-5(10(11,12)13)4-6(7)8(14-15)9(16)17/h5H,2-4H2,1H3,(H,16,17)/p-1/t5-/m1/s1. The summed E-state index contributed by atoms with van der Waals surface area (Å²) in [6.07, 6.45) is -4.45. The number of carboxylic acids is 1. The van der Waals surface area contributed by atoms with Crippen molar-refractivity contribution in [3.8, 4) is 0 Å². The number of aromatic nitrogens is 2. The zero-order valence-corrected chi connectivity index (χ0v) is 9.04. The summed E-state index contributed by atoms with van der Waals surface area (Å²) < 4.78 is 39.1. The number of rotatable bonds is 1. The zero-order chi connectivity index (χ0) is 12.8. The Bertz CT molecular complexity index is 465. The molecule has 1 aromatic rings. The van der Waals surface area contributed by atoms with Gasteiger partial charge in [-0.2, -0.15) is 18.3 Å². The molecule has 0 saturated heterocycles. The first-order valence-corrected chi connectivity index (χ1v) is 5.13. The molecular formula is C10H10F3N2O2-.